The van der Waals surface area contributed by atoms with Crippen molar-refractivity contribution in [2.75, 3.05) is 39.8 Å². The lowest BCUT2D eigenvalue weighted by Crippen LogP contribution is -2.64. The summed E-state index contributed by atoms with van der Waals surface area (Å²) in [7, 11) is 2.10. The van der Waals surface area contributed by atoms with Gasteiger partial charge in [-0.1, -0.05) is 30.3 Å². The van der Waals surface area contributed by atoms with Gasteiger partial charge in [0.2, 0.25) is 11.8 Å². The normalized spacial score (nSPS) is 30.9. The van der Waals surface area contributed by atoms with Gasteiger partial charge in [0.15, 0.2) is 0 Å². The average molecular weight is 386 g/mol. The van der Waals surface area contributed by atoms with Crippen LogP contribution in [0.3, 0.4) is 0 Å². The molecule has 2 N–H and O–H groups in total. The van der Waals surface area contributed by atoms with Gasteiger partial charge in [-0.3, -0.25) is 9.59 Å². The van der Waals surface area contributed by atoms with E-state index in [0.29, 0.717) is 32.5 Å². The van der Waals surface area contributed by atoms with Crippen LogP contribution in [-0.4, -0.2) is 72.6 Å². The van der Waals surface area contributed by atoms with Crippen molar-refractivity contribution < 1.29 is 14.7 Å². The Hall–Kier alpha value is -1.92. The molecule has 152 valence electrons. The van der Waals surface area contributed by atoms with Gasteiger partial charge in [-0.25, -0.2) is 0 Å². The van der Waals surface area contributed by atoms with Crippen molar-refractivity contribution in [1.29, 1.82) is 0 Å². The highest BCUT2D eigenvalue weighted by Gasteiger charge is 2.53. The Balaban J connectivity index is 1.65. The van der Waals surface area contributed by atoms with E-state index in [0.717, 1.165) is 37.9 Å². The second kappa shape index (κ2) is 7.48. The molecule has 0 radical (unpaired) electrons. The molecule has 4 rings (SSSR count). The predicted molar refractivity (Wildman–Crippen MR) is 107 cm³/mol. The molecule has 0 bridgehead atoms. The summed E-state index contributed by atoms with van der Waals surface area (Å²) in [4.78, 5) is 30.8. The number of nitrogens with one attached hydrogen (secondary N) is 1. The van der Waals surface area contributed by atoms with Gasteiger partial charge in [-0.05, 0) is 57.8 Å². The molecule has 2 atom stereocenters. The first-order valence-corrected chi connectivity index (χ1v) is 10.5. The molecule has 3 saturated heterocycles. The van der Waals surface area contributed by atoms with Crippen LogP contribution < -0.4 is 5.32 Å². The Labute approximate surface area is 166 Å². The van der Waals surface area contributed by atoms with E-state index in [4.69, 9.17) is 0 Å². The Morgan fingerprint density at radius 3 is 2.54 bits per heavy atom. The van der Waals surface area contributed by atoms with Crippen LogP contribution >= 0.6 is 0 Å². The fourth-order valence-electron chi connectivity index (χ4n) is 5.30. The van der Waals surface area contributed by atoms with Crippen molar-refractivity contribution in [3.63, 3.8) is 0 Å². The van der Waals surface area contributed by atoms with Crippen molar-refractivity contribution >= 4 is 11.8 Å². The fourth-order valence-corrected chi connectivity index (χ4v) is 5.30. The number of rotatable bonds is 2. The molecule has 0 unspecified atom stereocenters. The van der Waals surface area contributed by atoms with Crippen molar-refractivity contribution in [3.05, 3.63) is 35.9 Å². The van der Waals surface area contributed by atoms with Crippen LogP contribution in [0.1, 0.15) is 37.7 Å². The molecule has 28 heavy (non-hydrogen) atoms. The van der Waals surface area contributed by atoms with Gasteiger partial charge in [0.25, 0.3) is 0 Å². The Kier molecular flexibility index (Phi) is 5.19. The maximum Gasteiger partial charge on any atom is 0.233 e. The topological polar surface area (TPSA) is 72.9 Å². The van der Waals surface area contributed by atoms with Crippen LogP contribution in [0.4, 0.5) is 0 Å². The molecule has 3 heterocycles. The number of likely N-dealkylation sites (tertiary alicyclic amines) is 2. The summed E-state index contributed by atoms with van der Waals surface area (Å²) in [6.07, 6.45) is 2.84. The molecule has 0 aromatic heterocycles. The van der Waals surface area contributed by atoms with E-state index in [1.165, 1.54) is 0 Å². The quantitative estimate of drug-likeness (QED) is 0.801. The number of benzene rings is 1. The van der Waals surface area contributed by atoms with Gasteiger partial charge in [-0.2, -0.15) is 0 Å². The minimum Gasteiger partial charge on any atom is -0.392 e. The third-order valence-electron chi connectivity index (χ3n) is 7.18. The third-order valence-corrected chi connectivity index (χ3v) is 7.18. The molecule has 6 heteroatoms. The van der Waals surface area contributed by atoms with Crippen LogP contribution in [-0.2, 0) is 15.0 Å². The molecule has 2 amide bonds. The molecule has 1 aromatic rings. The zero-order chi connectivity index (χ0) is 19.8. The van der Waals surface area contributed by atoms with Gasteiger partial charge >= 0.3 is 0 Å². The van der Waals surface area contributed by atoms with Crippen molar-refractivity contribution in [2.45, 2.75) is 43.6 Å². The van der Waals surface area contributed by atoms with E-state index in [-0.39, 0.29) is 11.8 Å². The van der Waals surface area contributed by atoms with Gasteiger partial charge in [0.1, 0.15) is 0 Å². The average Bonchev–Trinajstić information content (AvgIpc) is 2.73. The van der Waals surface area contributed by atoms with Crippen LogP contribution in [0, 0.1) is 5.41 Å². The molecular formula is C22H31N3O3. The summed E-state index contributed by atoms with van der Waals surface area (Å²) in [5.41, 5.74) is -0.320. The molecule has 3 fully saturated rings. The number of hydrogen-bond acceptors (Lipinski definition) is 4. The van der Waals surface area contributed by atoms with Gasteiger partial charge in [0.05, 0.1) is 16.9 Å². The Morgan fingerprint density at radius 1 is 1.14 bits per heavy atom. The van der Waals surface area contributed by atoms with Crippen LogP contribution in [0.5, 0.6) is 0 Å². The largest absolute Gasteiger partial charge is 0.392 e. The standard InChI is InChI=1S/C22H31N3O3/c1-24-14-10-21(11-15-24,17-6-3-2-4-7-17)20(28)25-13-8-18(26)22(16-25)9-5-12-23-19(22)27/h2-4,6-7,18,26H,5,8-16H2,1H3,(H,23,27)/t18-,22-/m1/s1. The zero-order valence-electron chi connectivity index (χ0n) is 16.7. The second-order valence-corrected chi connectivity index (χ2v) is 8.80. The van der Waals surface area contributed by atoms with E-state index in [1.54, 1.807) is 0 Å². The van der Waals surface area contributed by atoms with E-state index >= 15 is 0 Å². The maximum absolute atomic E-state index is 13.9. The molecular weight excluding hydrogens is 354 g/mol. The lowest BCUT2D eigenvalue weighted by Gasteiger charge is -2.50. The number of carbonyl (C=O) groups excluding carboxylic acids is 2. The third kappa shape index (κ3) is 3.12. The van der Waals surface area contributed by atoms with Crippen molar-refractivity contribution in [1.82, 2.24) is 15.1 Å². The lowest BCUT2D eigenvalue weighted by molar-refractivity contribution is -0.158. The SMILES string of the molecule is CN1CCC(C(=O)N2CC[C@@H](O)[C@@]3(CCCNC3=O)C2)(c2ccccc2)CC1. The smallest absolute Gasteiger partial charge is 0.233 e. The Morgan fingerprint density at radius 2 is 1.86 bits per heavy atom. The van der Waals surface area contributed by atoms with E-state index in [1.807, 2.05) is 23.1 Å². The highest BCUT2D eigenvalue weighted by molar-refractivity contribution is 5.90. The highest BCUT2D eigenvalue weighted by atomic mass is 16.3. The molecule has 0 aliphatic carbocycles. The second-order valence-electron chi connectivity index (χ2n) is 8.80. The van der Waals surface area contributed by atoms with Gasteiger partial charge < -0.3 is 20.2 Å². The first-order chi connectivity index (χ1) is 13.5. The minimum absolute atomic E-state index is 0.0964. The molecule has 6 nitrogen and oxygen atoms in total. The van der Waals surface area contributed by atoms with E-state index < -0.39 is 16.9 Å². The molecule has 0 saturated carbocycles. The molecule has 3 aliphatic rings. The van der Waals surface area contributed by atoms with Gasteiger partial charge in [-0.15, -0.1) is 0 Å². The number of piperidine rings is 3. The summed E-state index contributed by atoms with van der Waals surface area (Å²) < 4.78 is 0. The van der Waals surface area contributed by atoms with Crippen LogP contribution in [0.2, 0.25) is 0 Å². The lowest BCUT2D eigenvalue weighted by atomic mass is 9.68. The number of nitrogens with zero attached hydrogens (tertiary/aromatic N) is 2. The van der Waals surface area contributed by atoms with Crippen molar-refractivity contribution in [3.8, 4) is 0 Å². The number of carbonyl (C=O) groups is 2. The van der Waals surface area contributed by atoms with Crippen LogP contribution in [0.15, 0.2) is 30.3 Å². The maximum atomic E-state index is 13.9. The summed E-state index contributed by atoms with van der Waals surface area (Å²) in [5.74, 6) is 0.0253. The number of aliphatic hydroxyl groups excluding tert-OH is 1. The highest BCUT2D eigenvalue weighted by Crippen LogP contribution is 2.42. The number of hydrogen-bond donors (Lipinski definition) is 2. The molecule has 1 aromatic carbocycles. The Bertz CT molecular complexity index is 730. The summed E-state index contributed by atoms with van der Waals surface area (Å²) in [6, 6.07) is 10.1. The fraction of sp³-hybridized carbons (Fsp3) is 0.636. The zero-order valence-corrected chi connectivity index (χ0v) is 16.7. The summed E-state index contributed by atoms with van der Waals surface area (Å²) in [5, 5.41) is 13.6. The van der Waals surface area contributed by atoms with E-state index in [9.17, 15) is 14.7 Å². The summed E-state index contributed by atoms with van der Waals surface area (Å²) in [6.45, 7) is 3.25. The van der Waals surface area contributed by atoms with Gasteiger partial charge in [0, 0.05) is 19.6 Å². The first-order valence-electron chi connectivity index (χ1n) is 10.5. The van der Waals surface area contributed by atoms with Crippen molar-refractivity contribution in [2.24, 2.45) is 5.41 Å². The molecule has 1 spiro atoms. The number of aliphatic hydroxyl groups is 1. The summed E-state index contributed by atoms with van der Waals surface area (Å²) >= 11 is 0. The van der Waals surface area contributed by atoms with Crippen LogP contribution in [0.25, 0.3) is 0 Å². The first kappa shape index (κ1) is 19.4. The minimum atomic E-state index is -0.852. The predicted octanol–water partition coefficient (Wildman–Crippen LogP) is 1.14. The number of amides is 2. The monoisotopic (exact) mass is 385 g/mol. The molecule has 3 aliphatic heterocycles. The van der Waals surface area contributed by atoms with E-state index in [2.05, 4.69) is 29.4 Å².